The van der Waals surface area contributed by atoms with Gasteiger partial charge in [-0.15, -0.1) is 0 Å². The first kappa shape index (κ1) is 14.9. The lowest BCUT2D eigenvalue weighted by Gasteiger charge is -2.19. The molecule has 0 aromatic heterocycles. The summed E-state index contributed by atoms with van der Waals surface area (Å²) in [6.45, 7) is 0. The summed E-state index contributed by atoms with van der Waals surface area (Å²) in [5, 5.41) is 0. The van der Waals surface area contributed by atoms with Gasteiger partial charge >= 0.3 is 0 Å². The summed E-state index contributed by atoms with van der Waals surface area (Å²) in [6, 6.07) is 8.57. The molecule has 0 bridgehead atoms. The monoisotopic (exact) mass is 342 g/mol. The third-order valence-corrected chi connectivity index (χ3v) is 3.58. The zero-order valence-electron chi connectivity index (χ0n) is 10.7. The van der Waals surface area contributed by atoms with E-state index in [0.717, 1.165) is 0 Å². The summed E-state index contributed by atoms with van der Waals surface area (Å²) >= 11 is 3.10. The van der Waals surface area contributed by atoms with Crippen LogP contribution in [0.15, 0.2) is 40.9 Å². The summed E-state index contributed by atoms with van der Waals surface area (Å²) < 4.78 is 32.8. The van der Waals surface area contributed by atoms with Crippen LogP contribution in [0.4, 0.5) is 8.78 Å². The molecule has 20 heavy (non-hydrogen) atoms. The first-order chi connectivity index (χ1) is 9.58. The first-order valence-corrected chi connectivity index (χ1v) is 6.61. The molecular formula is C14H13BrF2N2O. The van der Waals surface area contributed by atoms with Gasteiger partial charge < -0.3 is 4.74 Å². The van der Waals surface area contributed by atoms with Crippen molar-refractivity contribution in [3.8, 4) is 5.75 Å². The van der Waals surface area contributed by atoms with E-state index in [4.69, 9.17) is 10.6 Å². The lowest BCUT2D eigenvalue weighted by Crippen LogP contribution is -2.29. The van der Waals surface area contributed by atoms with E-state index >= 15 is 0 Å². The predicted octanol–water partition coefficient (Wildman–Crippen LogP) is 3.29. The van der Waals surface area contributed by atoms with Crippen molar-refractivity contribution < 1.29 is 13.5 Å². The van der Waals surface area contributed by atoms with Crippen LogP contribution in [0.2, 0.25) is 0 Å². The maximum Gasteiger partial charge on any atom is 0.170 e. The van der Waals surface area contributed by atoms with Crippen LogP contribution in [-0.2, 0) is 0 Å². The number of ether oxygens (including phenoxy) is 1. The summed E-state index contributed by atoms with van der Waals surface area (Å²) in [6.07, 6.45) is 0. The van der Waals surface area contributed by atoms with Crippen LogP contribution in [0.25, 0.3) is 0 Å². The van der Waals surface area contributed by atoms with Crippen molar-refractivity contribution in [1.29, 1.82) is 0 Å². The second-order valence-electron chi connectivity index (χ2n) is 4.14. The van der Waals surface area contributed by atoms with Gasteiger partial charge in [-0.2, -0.15) is 0 Å². The highest BCUT2D eigenvalue weighted by Gasteiger charge is 2.20. The van der Waals surface area contributed by atoms with Crippen molar-refractivity contribution in [2.75, 3.05) is 7.11 Å². The Bertz CT molecular complexity index is 622. The van der Waals surface area contributed by atoms with Crippen LogP contribution in [0.1, 0.15) is 17.2 Å². The van der Waals surface area contributed by atoms with Gasteiger partial charge in [-0.25, -0.2) is 14.2 Å². The third-order valence-electron chi connectivity index (χ3n) is 2.97. The largest absolute Gasteiger partial charge is 0.494 e. The molecule has 1 unspecified atom stereocenters. The summed E-state index contributed by atoms with van der Waals surface area (Å²) in [4.78, 5) is 0. The topological polar surface area (TPSA) is 47.3 Å². The van der Waals surface area contributed by atoms with Crippen LogP contribution in [0, 0.1) is 11.6 Å². The van der Waals surface area contributed by atoms with Crippen LogP contribution in [-0.4, -0.2) is 7.11 Å². The van der Waals surface area contributed by atoms with E-state index in [2.05, 4.69) is 21.4 Å². The minimum Gasteiger partial charge on any atom is -0.494 e. The quantitative estimate of drug-likeness (QED) is 0.662. The molecule has 0 aliphatic heterocycles. The number of rotatable bonds is 4. The average molecular weight is 343 g/mol. The lowest BCUT2D eigenvalue weighted by atomic mass is 9.98. The average Bonchev–Trinajstić information content (AvgIpc) is 2.45. The molecular weight excluding hydrogens is 330 g/mol. The molecule has 2 aromatic rings. The van der Waals surface area contributed by atoms with Crippen LogP contribution >= 0.6 is 15.9 Å². The number of nitrogens with two attached hydrogens (primary N) is 1. The Morgan fingerprint density at radius 2 is 2.00 bits per heavy atom. The molecule has 0 saturated carbocycles. The predicted molar refractivity (Wildman–Crippen MR) is 76.2 cm³/mol. The van der Waals surface area contributed by atoms with Crippen molar-refractivity contribution in [1.82, 2.24) is 5.43 Å². The Hall–Kier alpha value is -1.50. The Labute approximate surface area is 123 Å². The van der Waals surface area contributed by atoms with Crippen LogP contribution in [0.3, 0.4) is 0 Å². The normalized spacial score (nSPS) is 12.2. The highest BCUT2D eigenvalue weighted by Crippen LogP contribution is 2.30. The minimum atomic E-state index is -0.609. The fraction of sp³-hybridized carbons (Fsp3) is 0.143. The van der Waals surface area contributed by atoms with Gasteiger partial charge in [0.25, 0.3) is 0 Å². The molecule has 106 valence electrons. The Kier molecular flexibility index (Phi) is 4.69. The molecule has 2 rings (SSSR count). The molecule has 0 radical (unpaired) electrons. The molecule has 0 spiro atoms. The lowest BCUT2D eigenvalue weighted by molar-refractivity contribution is 0.381. The van der Waals surface area contributed by atoms with Crippen molar-refractivity contribution >= 4 is 15.9 Å². The number of hydrogen-bond donors (Lipinski definition) is 2. The van der Waals surface area contributed by atoms with Gasteiger partial charge in [0.05, 0.1) is 17.6 Å². The number of hydrazine groups is 1. The van der Waals surface area contributed by atoms with Gasteiger partial charge in [0, 0.05) is 5.56 Å². The van der Waals surface area contributed by atoms with Gasteiger partial charge in [0.2, 0.25) is 0 Å². The van der Waals surface area contributed by atoms with Gasteiger partial charge in [-0.3, -0.25) is 5.84 Å². The number of methoxy groups -OCH3 is 1. The fourth-order valence-corrected chi connectivity index (χ4v) is 2.36. The third kappa shape index (κ3) is 2.82. The first-order valence-electron chi connectivity index (χ1n) is 5.82. The maximum absolute atomic E-state index is 14.3. The van der Waals surface area contributed by atoms with E-state index in [9.17, 15) is 8.78 Å². The molecule has 3 nitrogen and oxygen atoms in total. The van der Waals surface area contributed by atoms with E-state index in [1.165, 1.54) is 19.2 Å². The Morgan fingerprint density at radius 3 is 2.60 bits per heavy atom. The van der Waals surface area contributed by atoms with Gasteiger partial charge in [-0.1, -0.05) is 18.2 Å². The number of halogens is 3. The SMILES string of the molecule is COc1cccc(C(NN)c2ccc(F)c(Br)c2)c1F. The van der Waals surface area contributed by atoms with Crippen LogP contribution < -0.4 is 16.0 Å². The summed E-state index contributed by atoms with van der Waals surface area (Å²) in [7, 11) is 1.39. The Balaban J connectivity index is 2.49. The second-order valence-corrected chi connectivity index (χ2v) is 4.99. The van der Waals surface area contributed by atoms with Crippen LogP contribution in [0.5, 0.6) is 5.75 Å². The van der Waals surface area contributed by atoms with Gasteiger partial charge in [0.1, 0.15) is 5.82 Å². The van der Waals surface area contributed by atoms with E-state index in [-0.39, 0.29) is 5.75 Å². The van der Waals surface area contributed by atoms with Gasteiger partial charge in [0.15, 0.2) is 11.6 Å². The number of hydrogen-bond acceptors (Lipinski definition) is 3. The molecule has 6 heteroatoms. The molecule has 0 amide bonds. The molecule has 0 aliphatic rings. The molecule has 2 aromatic carbocycles. The van der Waals surface area contributed by atoms with Crippen molar-refractivity contribution in [3.63, 3.8) is 0 Å². The summed E-state index contributed by atoms with van der Waals surface area (Å²) in [5.41, 5.74) is 3.49. The molecule has 0 aliphatic carbocycles. The minimum absolute atomic E-state index is 0.129. The molecule has 0 fully saturated rings. The smallest absolute Gasteiger partial charge is 0.170 e. The number of nitrogens with one attached hydrogen (secondary N) is 1. The van der Waals surface area contributed by atoms with Crippen molar-refractivity contribution in [2.45, 2.75) is 6.04 Å². The van der Waals surface area contributed by atoms with E-state index in [0.29, 0.717) is 15.6 Å². The molecule has 0 heterocycles. The van der Waals surface area contributed by atoms with E-state index in [1.807, 2.05) is 0 Å². The highest BCUT2D eigenvalue weighted by molar-refractivity contribution is 9.10. The second kappa shape index (κ2) is 6.30. The highest BCUT2D eigenvalue weighted by atomic mass is 79.9. The fourth-order valence-electron chi connectivity index (χ4n) is 1.97. The van der Waals surface area contributed by atoms with E-state index in [1.54, 1.807) is 24.3 Å². The van der Waals surface area contributed by atoms with E-state index < -0.39 is 17.7 Å². The standard InChI is InChI=1S/C14H13BrF2N2O/c1-20-12-4-2-3-9(13(12)17)14(19-18)8-5-6-11(16)10(15)7-8/h2-7,14,19H,18H2,1H3. The zero-order chi connectivity index (χ0) is 14.7. The molecule has 3 N–H and O–H groups in total. The van der Waals surface area contributed by atoms with Crippen molar-refractivity contribution in [2.24, 2.45) is 5.84 Å². The Morgan fingerprint density at radius 1 is 1.25 bits per heavy atom. The van der Waals surface area contributed by atoms with Crippen molar-refractivity contribution in [3.05, 3.63) is 63.6 Å². The molecule has 1 atom stereocenters. The summed E-state index contributed by atoms with van der Waals surface area (Å²) in [5.74, 6) is 4.75. The van der Waals surface area contributed by atoms with Gasteiger partial charge in [-0.05, 0) is 39.7 Å². The number of benzene rings is 2. The molecule has 0 saturated heterocycles. The maximum atomic E-state index is 14.3. The zero-order valence-corrected chi connectivity index (χ0v) is 12.2.